The number of carbonyl (C=O) groups is 2. The number of halogens is 2. The summed E-state index contributed by atoms with van der Waals surface area (Å²) in [6.45, 7) is 3.87. The van der Waals surface area contributed by atoms with Crippen LogP contribution in [0.3, 0.4) is 0 Å². The minimum atomic E-state index is -0.888. The summed E-state index contributed by atoms with van der Waals surface area (Å²) in [5.41, 5.74) is 6.15. The van der Waals surface area contributed by atoms with E-state index < -0.39 is 11.8 Å². The molecule has 2 aromatic carbocycles. The van der Waals surface area contributed by atoms with Crippen LogP contribution in [0.1, 0.15) is 17.0 Å². The maximum atomic E-state index is 12.0. The molecule has 0 saturated heterocycles. The fourth-order valence-electron chi connectivity index (χ4n) is 2.89. The van der Waals surface area contributed by atoms with Gasteiger partial charge >= 0.3 is 11.8 Å². The highest BCUT2D eigenvalue weighted by molar-refractivity contribution is 6.39. The predicted molar refractivity (Wildman–Crippen MR) is 116 cm³/mol. The zero-order valence-electron chi connectivity index (χ0n) is 15.7. The van der Waals surface area contributed by atoms with E-state index in [4.69, 9.17) is 23.2 Å². The maximum Gasteiger partial charge on any atom is 0.329 e. The van der Waals surface area contributed by atoms with E-state index in [1.807, 2.05) is 48.7 Å². The molecule has 0 aliphatic carbocycles. The fourth-order valence-corrected chi connectivity index (χ4v) is 3.30. The van der Waals surface area contributed by atoms with Gasteiger partial charge in [0.1, 0.15) is 0 Å². The van der Waals surface area contributed by atoms with Gasteiger partial charge in [0.25, 0.3) is 0 Å². The average Bonchev–Trinajstić information content (AvgIpc) is 2.95. The summed E-state index contributed by atoms with van der Waals surface area (Å²) in [6, 6.07) is 15.9. The second-order valence-corrected chi connectivity index (χ2v) is 7.12. The second-order valence-electron chi connectivity index (χ2n) is 6.28. The van der Waals surface area contributed by atoms with Crippen molar-refractivity contribution in [3.8, 4) is 5.69 Å². The first-order valence-electron chi connectivity index (χ1n) is 8.70. The van der Waals surface area contributed by atoms with Gasteiger partial charge in [-0.15, -0.1) is 0 Å². The van der Waals surface area contributed by atoms with Gasteiger partial charge in [-0.2, -0.15) is 5.10 Å². The number of amides is 2. The Hall–Kier alpha value is -3.09. The molecular formula is C21H18Cl2N4O2. The number of hydrogen-bond donors (Lipinski definition) is 2. The van der Waals surface area contributed by atoms with Gasteiger partial charge in [0.05, 0.1) is 16.9 Å². The van der Waals surface area contributed by atoms with E-state index in [1.54, 1.807) is 24.3 Å². The molecule has 1 heterocycles. The molecular weight excluding hydrogens is 411 g/mol. The summed E-state index contributed by atoms with van der Waals surface area (Å²) in [4.78, 5) is 23.9. The molecule has 2 amide bonds. The Balaban J connectivity index is 1.69. The molecule has 2 N–H and O–H groups in total. The SMILES string of the molecule is Cc1cc(/C=N\NC(=O)C(=O)Nc2cccc(Cl)c2)c(C)n1-c1ccccc1Cl. The number of para-hydroxylation sites is 1. The molecule has 148 valence electrons. The number of nitrogens with one attached hydrogen (secondary N) is 2. The molecule has 3 rings (SSSR count). The molecule has 1 aromatic heterocycles. The number of aryl methyl sites for hydroxylation is 1. The van der Waals surface area contributed by atoms with Crippen LogP contribution in [0.2, 0.25) is 10.0 Å². The van der Waals surface area contributed by atoms with E-state index in [-0.39, 0.29) is 0 Å². The molecule has 6 nitrogen and oxygen atoms in total. The van der Waals surface area contributed by atoms with Crippen molar-refractivity contribution in [1.82, 2.24) is 9.99 Å². The average molecular weight is 429 g/mol. The van der Waals surface area contributed by atoms with Crippen LogP contribution in [0.25, 0.3) is 5.69 Å². The molecule has 0 fully saturated rings. The largest absolute Gasteiger partial charge is 0.329 e. The molecule has 8 heteroatoms. The van der Waals surface area contributed by atoms with E-state index in [9.17, 15) is 9.59 Å². The van der Waals surface area contributed by atoms with Crippen molar-refractivity contribution in [1.29, 1.82) is 0 Å². The third kappa shape index (κ3) is 4.85. The third-order valence-electron chi connectivity index (χ3n) is 4.22. The van der Waals surface area contributed by atoms with E-state index in [0.29, 0.717) is 15.7 Å². The highest BCUT2D eigenvalue weighted by Gasteiger charge is 2.14. The number of hydrazone groups is 1. The number of benzene rings is 2. The molecule has 0 aliphatic heterocycles. The minimum absolute atomic E-state index is 0.421. The van der Waals surface area contributed by atoms with Gasteiger partial charge in [-0.05, 0) is 50.2 Å². The van der Waals surface area contributed by atoms with E-state index >= 15 is 0 Å². The van der Waals surface area contributed by atoms with Gasteiger partial charge < -0.3 is 9.88 Å². The van der Waals surface area contributed by atoms with Crippen LogP contribution in [0.5, 0.6) is 0 Å². The van der Waals surface area contributed by atoms with Crippen LogP contribution < -0.4 is 10.7 Å². The Morgan fingerprint density at radius 1 is 1.00 bits per heavy atom. The maximum absolute atomic E-state index is 12.0. The lowest BCUT2D eigenvalue weighted by Crippen LogP contribution is -2.32. The van der Waals surface area contributed by atoms with Gasteiger partial charge in [0.15, 0.2) is 0 Å². The van der Waals surface area contributed by atoms with Crippen LogP contribution in [0.4, 0.5) is 5.69 Å². The van der Waals surface area contributed by atoms with E-state index in [2.05, 4.69) is 15.8 Å². The molecule has 3 aromatic rings. The highest BCUT2D eigenvalue weighted by atomic mass is 35.5. The molecule has 0 unspecified atom stereocenters. The van der Waals surface area contributed by atoms with Crippen molar-refractivity contribution in [2.24, 2.45) is 5.10 Å². The topological polar surface area (TPSA) is 75.5 Å². The smallest absolute Gasteiger partial charge is 0.318 e. The highest BCUT2D eigenvalue weighted by Crippen LogP contribution is 2.25. The summed E-state index contributed by atoms with van der Waals surface area (Å²) >= 11 is 12.2. The minimum Gasteiger partial charge on any atom is -0.318 e. The number of rotatable bonds is 4. The van der Waals surface area contributed by atoms with Gasteiger partial charge in [0, 0.05) is 27.7 Å². The van der Waals surface area contributed by atoms with Crippen molar-refractivity contribution in [2.75, 3.05) is 5.32 Å². The number of carbonyl (C=O) groups excluding carboxylic acids is 2. The molecule has 0 saturated carbocycles. The van der Waals surface area contributed by atoms with Crippen molar-refractivity contribution in [3.63, 3.8) is 0 Å². The number of anilines is 1. The van der Waals surface area contributed by atoms with Gasteiger partial charge in [-0.3, -0.25) is 9.59 Å². The first-order chi connectivity index (χ1) is 13.9. The van der Waals surface area contributed by atoms with Crippen LogP contribution in [-0.4, -0.2) is 22.6 Å². The second kappa shape index (κ2) is 8.94. The van der Waals surface area contributed by atoms with Crippen LogP contribution in [0.15, 0.2) is 59.7 Å². The third-order valence-corrected chi connectivity index (χ3v) is 4.78. The summed E-state index contributed by atoms with van der Waals surface area (Å²) < 4.78 is 2.00. The monoisotopic (exact) mass is 428 g/mol. The van der Waals surface area contributed by atoms with Crippen LogP contribution in [0, 0.1) is 13.8 Å². The van der Waals surface area contributed by atoms with Crippen molar-refractivity contribution in [2.45, 2.75) is 13.8 Å². The summed E-state index contributed by atoms with van der Waals surface area (Å²) in [7, 11) is 0. The van der Waals surface area contributed by atoms with Crippen molar-refractivity contribution in [3.05, 3.63) is 81.6 Å². The Kier molecular flexibility index (Phi) is 6.36. The van der Waals surface area contributed by atoms with Gasteiger partial charge in [0.2, 0.25) is 0 Å². The van der Waals surface area contributed by atoms with Crippen LogP contribution >= 0.6 is 23.2 Å². The standard InChI is InChI=1S/C21H18Cl2N4O2/c1-13-10-15(14(2)27(13)19-9-4-3-8-18(19)23)12-24-26-21(29)20(28)25-17-7-5-6-16(22)11-17/h3-12H,1-2H3,(H,25,28)(H,26,29)/b24-12-. The van der Waals surface area contributed by atoms with Gasteiger partial charge in [-0.1, -0.05) is 41.4 Å². The molecule has 0 radical (unpaired) electrons. The van der Waals surface area contributed by atoms with Gasteiger partial charge in [-0.25, -0.2) is 5.43 Å². The Bertz CT molecular complexity index is 1110. The first kappa shape index (κ1) is 20.6. The van der Waals surface area contributed by atoms with Crippen molar-refractivity contribution >= 4 is 46.9 Å². The number of aromatic nitrogens is 1. The normalized spacial score (nSPS) is 10.9. The van der Waals surface area contributed by atoms with Crippen molar-refractivity contribution < 1.29 is 9.59 Å². The zero-order chi connectivity index (χ0) is 21.0. The van der Waals surface area contributed by atoms with Crippen LogP contribution in [-0.2, 0) is 9.59 Å². The Morgan fingerprint density at radius 2 is 1.76 bits per heavy atom. The summed E-state index contributed by atoms with van der Waals surface area (Å²) in [6.07, 6.45) is 1.49. The van der Waals surface area contributed by atoms with E-state index in [1.165, 1.54) is 6.21 Å². The molecule has 0 bridgehead atoms. The summed E-state index contributed by atoms with van der Waals surface area (Å²) in [5.74, 6) is -1.73. The first-order valence-corrected chi connectivity index (χ1v) is 9.46. The Labute approximate surface area is 178 Å². The quantitative estimate of drug-likeness (QED) is 0.364. The lowest BCUT2D eigenvalue weighted by molar-refractivity contribution is -0.136. The number of nitrogens with zero attached hydrogens (tertiary/aromatic N) is 2. The lowest BCUT2D eigenvalue weighted by atomic mass is 10.2. The fraction of sp³-hybridized carbons (Fsp3) is 0.0952. The number of hydrogen-bond acceptors (Lipinski definition) is 3. The molecule has 29 heavy (non-hydrogen) atoms. The molecule has 0 spiro atoms. The predicted octanol–water partition coefficient (Wildman–Crippen LogP) is 4.49. The Morgan fingerprint density at radius 3 is 2.48 bits per heavy atom. The molecule has 0 aliphatic rings. The van der Waals surface area contributed by atoms with E-state index in [0.717, 1.165) is 22.6 Å². The zero-order valence-corrected chi connectivity index (χ0v) is 17.3. The molecule has 0 atom stereocenters. The summed E-state index contributed by atoms with van der Waals surface area (Å²) in [5, 5.41) is 7.43. The lowest BCUT2D eigenvalue weighted by Gasteiger charge is -2.11.